The molecule has 31 heavy (non-hydrogen) atoms. The third kappa shape index (κ3) is 3.91. The Morgan fingerprint density at radius 2 is 1.74 bits per heavy atom. The lowest BCUT2D eigenvalue weighted by Crippen LogP contribution is -2.31. The molecule has 1 aliphatic rings. The number of carbonyl (C=O) groups excluding carboxylic acids is 2. The molecule has 3 aromatic rings. The molecule has 2 amide bonds. The number of pyridine rings is 1. The van der Waals surface area contributed by atoms with Gasteiger partial charge in [0, 0.05) is 24.2 Å². The summed E-state index contributed by atoms with van der Waals surface area (Å²) in [6.45, 7) is 2.25. The number of aromatic hydroxyl groups is 1. The van der Waals surface area contributed by atoms with Crippen molar-refractivity contribution in [3.8, 4) is 5.75 Å². The van der Waals surface area contributed by atoms with Gasteiger partial charge in [-0.2, -0.15) is 0 Å². The van der Waals surface area contributed by atoms with E-state index in [1.165, 1.54) is 11.1 Å². The average molecular weight is 479 g/mol. The summed E-state index contributed by atoms with van der Waals surface area (Å²) in [6, 6.07) is 8.35. The van der Waals surface area contributed by atoms with Crippen LogP contribution in [0.15, 0.2) is 36.5 Å². The van der Waals surface area contributed by atoms with Crippen LogP contribution in [0.25, 0.3) is 10.9 Å². The van der Waals surface area contributed by atoms with Crippen molar-refractivity contribution in [2.75, 3.05) is 11.9 Å². The Morgan fingerprint density at radius 3 is 2.39 bits per heavy atom. The largest absolute Gasteiger partial charge is 0.505 e. The number of halogens is 3. The SMILES string of the molecule is CC(CCCN1C(=O)c2ccccc2C1=O)Nc1c(Cl)c(O)c(Cl)c2cc(Cl)cnc12. The number of aromatic nitrogens is 1. The lowest BCUT2D eigenvalue weighted by atomic mass is 10.1. The Hall–Kier alpha value is -2.54. The second-order valence-corrected chi connectivity index (χ2v) is 8.59. The number of benzene rings is 2. The van der Waals surface area contributed by atoms with Gasteiger partial charge in [-0.1, -0.05) is 46.9 Å². The molecule has 2 aromatic carbocycles. The molecule has 0 fully saturated rings. The summed E-state index contributed by atoms with van der Waals surface area (Å²) in [5.74, 6) is -0.779. The van der Waals surface area contributed by atoms with Crippen molar-refractivity contribution in [3.63, 3.8) is 0 Å². The second kappa shape index (κ2) is 8.54. The van der Waals surface area contributed by atoms with Crippen molar-refractivity contribution in [2.24, 2.45) is 0 Å². The highest BCUT2D eigenvalue weighted by molar-refractivity contribution is 6.43. The minimum atomic E-state index is -0.265. The molecule has 1 unspecified atom stereocenters. The number of nitrogens with one attached hydrogen (secondary N) is 1. The Labute approximate surface area is 193 Å². The highest BCUT2D eigenvalue weighted by Gasteiger charge is 2.34. The molecule has 0 saturated heterocycles. The first-order valence-corrected chi connectivity index (χ1v) is 10.8. The van der Waals surface area contributed by atoms with Crippen molar-refractivity contribution in [1.82, 2.24) is 9.88 Å². The molecule has 0 radical (unpaired) electrons. The first-order valence-electron chi connectivity index (χ1n) is 9.66. The van der Waals surface area contributed by atoms with Gasteiger partial charge in [-0.3, -0.25) is 19.5 Å². The number of rotatable bonds is 6. The number of amides is 2. The van der Waals surface area contributed by atoms with Crippen LogP contribution in [0, 0.1) is 0 Å². The van der Waals surface area contributed by atoms with Crippen molar-refractivity contribution in [2.45, 2.75) is 25.8 Å². The third-order valence-corrected chi connectivity index (χ3v) is 6.21. The molecule has 1 aromatic heterocycles. The summed E-state index contributed by atoms with van der Waals surface area (Å²) in [4.78, 5) is 30.5. The predicted octanol–water partition coefficient (Wildman–Crippen LogP) is 5.78. The predicted molar refractivity (Wildman–Crippen MR) is 123 cm³/mol. The van der Waals surface area contributed by atoms with E-state index in [1.807, 2.05) is 6.92 Å². The minimum absolute atomic E-state index is 0.0690. The maximum atomic E-state index is 12.5. The van der Waals surface area contributed by atoms with E-state index in [-0.39, 0.29) is 33.7 Å². The second-order valence-electron chi connectivity index (χ2n) is 7.40. The van der Waals surface area contributed by atoms with E-state index >= 15 is 0 Å². The first kappa shape index (κ1) is 21.7. The molecule has 2 N–H and O–H groups in total. The Morgan fingerprint density at radius 1 is 1.10 bits per heavy atom. The standard InChI is InChI=1S/C22H18Cl3N3O3/c1-11(5-4-8-28-21(30)13-6-2-3-7-14(13)22(28)31)27-19-17(25)20(29)16(24)15-9-12(23)10-26-18(15)19/h2-3,6-7,9-11,27,29H,4-5,8H2,1H3. The van der Waals surface area contributed by atoms with Gasteiger partial charge < -0.3 is 10.4 Å². The van der Waals surface area contributed by atoms with Gasteiger partial charge in [0.25, 0.3) is 11.8 Å². The van der Waals surface area contributed by atoms with Gasteiger partial charge in [-0.15, -0.1) is 0 Å². The van der Waals surface area contributed by atoms with Gasteiger partial charge in [0.1, 0.15) is 5.02 Å². The highest BCUT2D eigenvalue weighted by Crippen LogP contribution is 2.44. The summed E-state index contributed by atoms with van der Waals surface area (Å²) >= 11 is 18.5. The minimum Gasteiger partial charge on any atom is -0.505 e. The van der Waals surface area contributed by atoms with Gasteiger partial charge in [0.15, 0.2) is 5.75 Å². The molecule has 1 aliphatic heterocycles. The molecular weight excluding hydrogens is 461 g/mol. The fourth-order valence-corrected chi connectivity index (χ4v) is 4.38. The number of hydrogen-bond donors (Lipinski definition) is 2. The molecule has 160 valence electrons. The molecule has 0 spiro atoms. The molecule has 0 bridgehead atoms. The summed E-state index contributed by atoms with van der Waals surface area (Å²) < 4.78 is 0. The Bertz CT molecular complexity index is 1180. The molecule has 2 heterocycles. The van der Waals surface area contributed by atoms with E-state index in [1.54, 1.807) is 30.3 Å². The van der Waals surface area contributed by atoms with Crippen LogP contribution in [0.5, 0.6) is 5.75 Å². The van der Waals surface area contributed by atoms with Crippen LogP contribution in [-0.2, 0) is 0 Å². The van der Waals surface area contributed by atoms with Crippen molar-refractivity contribution < 1.29 is 14.7 Å². The van der Waals surface area contributed by atoms with Gasteiger partial charge in [0.05, 0.1) is 32.4 Å². The summed E-state index contributed by atoms with van der Waals surface area (Å²) in [5, 5.41) is 14.6. The van der Waals surface area contributed by atoms with Crippen LogP contribution in [-0.4, -0.2) is 39.4 Å². The third-order valence-electron chi connectivity index (χ3n) is 5.25. The van der Waals surface area contributed by atoms with Crippen LogP contribution < -0.4 is 5.32 Å². The fraction of sp³-hybridized carbons (Fsp3) is 0.227. The number of phenolic OH excluding ortho intramolecular Hbond substituents is 1. The number of phenols is 1. The van der Waals surface area contributed by atoms with Crippen molar-refractivity contribution in [1.29, 1.82) is 0 Å². The number of imide groups is 1. The molecular formula is C22H18Cl3N3O3. The fourth-order valence-electron chi connectivity index (χ4n) is 3.70. The zero-order valence-corrected chi connectivity index (χ0v) is 18.7. The summed E-state index contributed by atoms with van der Waals surface area (Å²) in [6.07, 6.45) is 2.71. The van der Waals surface area contributed by atoms with Crippen LogP contribution in [0.4, 0.5) is 5.69 Å². The van der Waals surface area contributed by atoms with E-state index in [2.05, 4.69) is 10.3 Å². The van der Waals surface area contributed by atoms with E-state index in [0.717, 1.165) is 0 Å². The van der Waals surface area contributed by atoms with Crippen LogP contribution in [0.3, 0.4) is 0 Å². The van der Waals surface area contributed by atoms with Gasteiger partial charge in [-0.05, 0) is 38.0 Å². The lowest BCUT2D eigenvalue weighted by molar-refractivity contribution is 0.0651. The average Bonchev–Trinajstić information content (AvgIpc) is 3.00. The van der Waals surface area contributed by atoms with Crippen LogP contribution in [0.1, 0.15) is 40.5 Å². The molecule has 6 nitrogen and oxygen atoms in total. The van der Waals surface area contributed by atoms with Crippen LogP contribution >= 0.6 is 34.8 Å². The normalized spacial score (nSPS) is 14.3. The highest BCUT2D eigenvalue weighted by atomic mass is 35.5. The number of carbonyl (C=O) groups is 2. The van der Waals surface area contributed by atoms with E-state index in [9.17, 15) is 14.7 Å². The van der Waals surface area contributed by atoms with E-state index in [4.69, 9.17) is 34.8 Å². The molecule has 1 atom stereocenters. The van der Waals surface area contributed by atoms with Gasteiger partial charge in [0.2, 0.25) is 0 Å². The van der Waals surface area contributed by atoms with Crippen molar-refractivity contribution in [3.05, 3.63) is 62.7 Å². The molecule has 0 saturated carbocycles. The monoisotopic (exact) mass is 477 g/mol. The maximum Gasteiger partial charge on any atom is 0.261 e. The zero-order valence-electron chi connectivity index (χ0n) is 16.5. The quantitative estimate of drug-likeness (QED) is 0.439. The molecule has 9 heteroatoms. The summed E-state index contributed by atoms with van der Waals surface area (Å²) in [7, 11) is 0. The molecule has 0 aliphatic carbocycles. The smallest absolute Gasteiger partial charge is 0.261 e. The van der Waals surface area contributed by atoms with E-state index < -0.39 is 0 Å². The van der Waals surface area contributed by atoms with Gasteiger partial charge >= 0.3 is 0 Å². The van der Waals surface area contributed by atoms with Gasteiger partial charge in [-0.25, -0.2) is 0 Å². The van der Waals surface area contributed by atoms with Crippen LogP contribution in [0.2, 0.25) is 15.1 Å². The zero-order chi connectivity index (χ0) is 22.3. The molecule has 4 rings (SSSR count). The topological polar surface area (TPSA) is 82.5 Å². The summed E-state index contributed by atoms with van der Waals surface area (Å²) in [5.41, 5.74) is 1.82. The number of hydrogen-bond acceptors (Lipinski definition) is 5. The Balaban J connectivity index is 1.46. The number of nitrogens with zero attached hydrogens (tertiary/aromatic N) is 2. The lowest BCUT2D eigenvalue weighted by Gasteiger charge is -2.20. The number of fused-ring (bicyclic) bond motifs is 2. The van der Waals surface area contributed by atoms with E-state index in [0.29, 0.717) is 52.1 Å². The number of anilines is 1. The first-order chi connectivity index (χ1) is 14.8. The van der Waals surface area contributed by atoms with Crippen molar-refractivity contribution >= 4 is 63.2 Å². The Kier molecular flexibility index (Phi) is 5.97. The maximum absolute atomic E-state index is 12.5.